The number of aromatic nitrogens is 2. The van der Waals surface area contributed by atoms with Gasteiger partial charge in [-0.25, -0.2) is 4.68 Å². The standard InChI is InChI=1S/C23H25ClN4O/c24-19-10-11-22(27-13-5-2-6-14-27)21(15-19)26-23(29)12-9-18-16-25-28(17-18)20-7-3-1-4-8-20/h1,3-4,7-8,10-11,15-17H,2,5-6,9,12-14H2,(H,26,29). The number of para-hydroxylation sites is 1. The van der Waals surface area contributed by atoms with Crippen molar-refractivity contribution in [3.05, 3.63) is 71.5 Å². The van der Waals surface area contributed by atoms with E-state index >= 15 is 0 Å². The maximum absolute atomic E-state index is 12.6. The molecule has 0 saturated carbocycles. The second-order valence-electron chi connectivity index (χ2n) is 7.39. The molecule has 2 heterocycles. The second kappa shape index (κ2) is 9.14. The van der Waals surface area contributed by atoms with Crippen molar-refractivity contribution in [2.24, 2.45) is 0 Å². The van der Waals surface area contributed by atoms with Gasteiger partial charge in [0.2, 0.25) is 5.91 Å². The first-order chi connectivity index (χ1) is 14.2. The predicted octanol–water partition coefficient (Wildman–Crippen LogP) is 5.09. The highest BCUT2D eigenvalue weighted by Gasteiger charge is 2.16. The number of halogens is 1. The largest absolute Gasteiger partial charge is 0.370 e. The smallest absolute Gasteiger partial charge is 0.224 e. The Morgan fingerprint density at radius 2 is 1.86 bits per heavy atom. The summed E-state index contributed by atoms with van der Waals surface area (Å²) in [5.74, 6) is -0.0158. The molecule has 4 rings (SSSR count). The van der Waals surface area contributed by atoms with Gasteiger partial charge in [-0.1, -0.05) is 29.8 Å². The van der Waals surface area contributed by atoms with Gasteiger partial charge in [0.25, 0.3) is 0 Å². The highest BCUT2D eigenvalue weighted by Crippen LogP contribution is 2.31. The van der Waals surface area contributed by atoms with Gasteiger partial charge in [0.15, 0.2) is 0 Å². The molecule has 6 heteroatoms. The molecule has 0 aliphatic carbocycles. The zero-order valence-corrected chi connectivity index (χ0v) is 17.1. The Hall–Kier alpha value is -2.79. The zero-order chi connectivity index (χ0) is 20.1. The number of aryl methyl sites for hydroxylation is 1. The minimum Gasteiger partial charge on any atom is -0.370 e. The minimum absolute atomic E-state index is 0.0158. The average molecular weight is 409 g/mol. The van der Waals surface area contributed by atoms with E-state index in [1.165, 1.54) is 19.3 Å². The van der Waals surface area contributed by atoms with E-state index in [1.54, 1.807) is 0 Å². The van der Waals surface area contributed by atoms with Gasteiger partial charge in [0.05, 0.1) is 23.3 Å². The molecule has 1 aliphatic heterocycles. The SMILES string of the molecule is O=C(CCc1cnn(-c2ccccc2)c1)Nc1cc(Cl)ccc1N1CCCCC1. The normalized spacial score (nSPS) is 14.0. The number of hydrogen-bond donors (Lipinski definition) is 1. The van der Waals surface area contributed by atoms with Crippen molar-refractivity contribution in [1.82, 2.24) is 9.78 Å². The van der Waals surface area contributed by atoms with Gasteiger partial charge in [-0.3, -0.25) is 4.79 Å². The Kier molecular flexibility index (Phi) is 6.15. The Morgan fingerprint density at radius 3 is 2.66 bits per heavy atom. The molecular weight excluding hydrogens is 384 g/mol. The maximum atomic E-state index is 12.6. The summed E-state index contributed by atoms with van der Waals surface area (Å²) in [5, 5.41) is 8.09. The third kappa shape index (κ3) is 4.98. The highest BCUT2D eigenvalue weighted by molar-refractivity contribution is 6.31. The molecule has 0 unspecified atom stereocenters. The van der Waals surface area contributed by atoms with E-state index in [0.717, 1.165) is 35.7 Å². The number of carbonyl (C=O) groups excluding carboxylic acids is 1. The molecule has 0 bridgehead atoms. The van der Waals surface area contributed by atoms with Crippen molar-refractivity contribution in [1.29, 1.82) is 0 Å². The molecule has 2 aromatic carbocycles. The number of amides is 1. The number of rotatable bonds is 6. The van der Waals surface area contributed by atoms with E-state index in [0.29, 0.717) is 17.9 Å². The molecule has 5 nitrogen and oxygen atoms in total. The summed E-state index contributed by atoms with van der Waals surface area (Å²) in [4.78, 5) is 14.9. The van der Waals surface area contributed by atoms with Crippen LogP contribution in [-0.4, -0.2) is 28.8 Å². The van der Waals surface area contributed by atoms with E-state index in [1.807, 2.05) is 65.6 Å². The van der Waals surface area contributed by atoms with Gasteiger partial charge < -0.3 is 10.2 Å². The van der Waals surface area contributed by atoms with Crippen molar-refractivity contribution in [3.63, 3.8) is 0 Å². The summed E-state index contributed by atoms with van der Waals surface area (Å²) in [7, 11) is 0. The highest BCUT2D eigenvalue weighted by atomic mass is 35.5. The van der Waals surface area contributed by atoms with Gasteiger partial charge >= 0.3 is 0 Å². The van der Waals surface area contributed by atoms with Crippen LogP contribution in [0.2, 0.25) is 5.02 Å². The van der Waals surface area contributed by atoms with Gasteiger partial charge in [-0.15, -0.1) is 0 Å². The summed E-state index contributed by atoms with van der Waals surface area (Å²) in [6, 6.07) is 15.7. The lowest BCUT2D eigenvalue weighted by Gasteiger charge is -2.30. The molecule has 1 N–H and O–H groups in total. The van der Waals surface area contributed by atoms with E-state index in [2.05, 4.69) is 15.3 Å². The van der Waals surface area contributed by atoms with Crippen LogP contribution in [-0.2, 0) is 11.2 Å². The number of piperidine rings is 1. The summed E-state index contributed by atoms with van der Waals surface area (Å²) < 4.78 is 1.83. The molecule has 0 atom stereocenters. The van der Waals surface area contributed by atoms with Crippen molar-refractivity contribution in [2.45, 2.75) is 32.1 Å². The molecular formula is C23H25ClN4O. The van der Waals surface area contributed by atoms with Gasteiger partial charge in [-0.05, 0) is 61.6 Å². The molecule has 150 valence electrons. The molecule has 0 radical (unpaired) electrons. The summed E-state index contributed by atoms with van der Waals surface area (Å²) in [6.07, 6.45) is 8.45. The number of hydrogen-bond acceptors (Lipinski definition) is 3. The molecule has 0 spiro atoms. The topological polar surface area (TPSA) is 50.2 Å². The van der Waals surface area contributed by atoms with Crippen LogP contribution >= 0.6 is 11.6 Å². The number of nitrogens with zero attached hydrogens (tertiary/aromatic N) is 3. The average Bonchev–Trinajstić information content (AvgIpc) is 3.23. The predicted molar refractivity (Wildman–Crippen MR) is 118 cm³/mol. The monoisotopic (exact) mass is 408 g/mol. The lowest BCUT2D eigenvalue weighted by molar-refractivity contribution is -0.116. The van der Waals surface area contributed by atoms with Crippen LogP contribution in [0.1, 0.15) is 31.2 Å². The molecule has 1 amide bonds. The maximum Gasteiger partial charge on any atom is 0.224 e. The fourth-order valence-corrected chi connectivity index (χ4v) is 3.87. The molecule has 1 aliphatic rings. The van der Waals surface area contributed by atoms with Crippen LogP contribution in [0, 0.1) is 0 Å². The van der Waals surface area contributed by atoms with Crippen LogP contribution in [0.4, 0.5) is 11.4 Å². The first-order valence-corrected chi connectivity index (χ1v) is 10.5. The molecule has 1 aromatic heterocycles. The number of nitrogens with one attached hydrogen (secondary N) is 1. The quantitative estimate of drug-likeness (QED) is 0.618. The summed E-state index contributed by atoms with van der Waals surface area (Å²) >= 11 is 6.19. The second-order valence-corrected chi connectivity index (χ2v) is 7.82. The fourth-order valence-electron chi connectivity index (χ4n) is 3.70. The van der Waals surface area contributed by atoms with Crippen molar-refractivity contribution in [2.75, 3.05) is 23.3 Å². The Bertz CT molecular complexity index is 964. The van der Waals surface area contributed by atoms with Crippen LogP contribution in [0.3, 0.4) is 0 Å². The lowest BCUT2D eigenvalue weighted by Crippen LogP contribution is -2.30. The van der Waals surface area contributed by atoms with Gasteiger partial charge in [0, 0.05) is 30.7 Å². The van der Waals surface area contributed by atoms with E-state index in [-0.39, 0.29) is 5.91 Å². The Balaban J connectivity index is 1.39. The van der Waals surface area contributed by atoms with Crippen LogP contribution in [0.15, 0.2) is 60.9 Å². The van der Waals surface area contributed by atoms with Gasteiger partial charge in [-0.2, -0.15) is 5.10 Å². The van der Waals surface area contributed by atoms with E-state index in [9.17, 15) is 4.79 Å². The number of anilines is 2. The zero-order valence-electron chi connectivity index (χ0n) is 16.4. The number of carbonyl (C=O) groups is 1. The van der Waals surface area contributed by atoms with Crippen LogP contribution in [0.25, 0.3) is 5.69 Å². The summed E-state index contributed by atoms with van der Waals surface area (Å²) in [5.41, 5.74) is 3.89. The minimum atomic E-state index is -0.0158. The van der Waals surface area contributed by atoms with E-state index < -0.39 is 0 Å². The third-order valence-corrected chi connectivity index (χ3v) is 5.46. The van der Waals surface area contributed by atoms with Crippen molar-refractivity contribution < 1.29 is 4.79 Å². The van der Waals surface area contributed by atoms with Crippen LogP contribution < -0.4 is 10.2 Å². The molecule has 1 saturated heterocycles. The molecule has 3 aromatic rings. The van der Waals surface area contributed by atoms with Crippen molar-refractivity contribution in [3.8, 4) is 5.69 Å². The fraction of sp³-hybridized carbons (Fsp3) is 0.304. The first-order valence-electron chi connectivity index (χ1n) is 10.1. The number of benzene rings is 2. The lowest BCUT2D eigenvalue weighted by atomic mass is 10.1. The van der Waals surface area contributed by atoms with E-state index in [4.69, 9.17) is 11.6 Å². The first kappa shape index (κ1) is 19.5. The Labute approximate surface area is 176 Å². The van der Waals surface area contributed by atoms with Gasteiger partial charge in [0.1, 0.15) is 0 Å². The molecule has 1 fully saturated rings. The van der Waals surface area contributed by atoms with Crippen LogP contribution in [0.5, 0.6) is 0 Å². The Morgan fingerprint density at radius 1 is 1.07 bits per heavy atom. The molecule has 29 heavy (non-hydrogen) atoms. The summed E-state index contributed by atoms with van der Waals surface area (Å²) in [6.45, 7) is 2.03. The third-order valence-electron chi connectivity index (χ3n) is 5.23. The van der Waals surface area contributed by atoms with Crippen molar-refractivity contribution >= 4 is 28.9 Å².